The molecule has 1 atom stereocenters. The van der Waals surface area contributed by atoms with Gasteiger partial charge in [-0.15, -0.1) is 0 Å². The molecule has 0 spiro atoms. The van der Waals surface area contributed by atoms with Gasteiger partial charge < -0.3 is 10.3 Å². The first-order chi connectivity index (χ1) is 5.90. The minimum Gasteiger partial charge on any atom is -0.353 e. The predicted octanol–water partition coefficient (Wildman–Crippen LogP) is 2.46. The summed E-state index contributed by atoms with van der Waals surface area (Å²) in [4.78, 5) is 0. The van der Waals surface area contributed by atoms with E-state index in [1.807, 2.05) is 19.3 Å². The molecule has 0 bridgehead atoms. The molecule has 2 N–H and O–H groups in total. The van der Waals surface area contributed by atoms with Crippen molar-refractivity contribution in [1.82, 2.24) is 4.57 Å². The van der Waals surface area contributed by atoms with E-state index in [0.29, 0.717) is 5.41 Å². The number of aromatic nitrogens is 1. The lowest BCUT2D eigenvalue weighted by atomic mass is 9.87. The molecule has 0 aliphatic heterocycles. The second-order valence-corrected chi connectivity index (χ2v) is 4.92. The number of nitrogens with zero attached hydrogens (tertiary/aromatic N) is 1. The van der Waals surface area contributed by atoms with Gasteiger partial charge in [-0.2, -0.15) is 0 Å². The molecule has 0 radical (unpaired) electrons. The maximum absolute atomic E-state index is 6.11. The predicted molar refractivity (Wildman–Crippen MR) is 56.4 cm³/mol. The van der Waals surface area contributed by atoms with Crippen LogP contribution in [-0.4, -0.2) is 4.57 Å². The molecular weight excluding hydrogens is 160 g/mol. The fourth-order valence-electron chi connectivity index (χ4n) is 1.62. The number of hydrogen-bond acceptors (Lipinski definition) is 1. The normalized spacial score (nSPS) is 14.5. The Morgan fingerprint density at radius 1 is 1.46 bits per heavy atom. The lowest BCUT2D eigenvalue weighted by Gasteiger charge is -2.23. The van der Waals surface area contributed by atoms with Crippen molar-refractivity contribution in [3.63, 3.8) is 0 Å². The summed E-state index contributed by atoms with van der Waals surface area (Å²) < 4.78 is 2.09. The van der Waals surface area contributed by atoms with Gasteiger partial charge in [0.15, 0.2) is 0 Å². The third-order valence-corrected chi connectivity index (χ3v) is 2.20. The van der Waals surface area contributed by atoms with Crippen LogP contribution in [0.1, 0.15) is 38.9 Å². The Bertz CT molecular complexity index is 268. The molecule has 0 aliphatic carbocycles. The van der Waals surface area contributed by atoms with Crippen molar-refractivity contribution in [2.45, 2.75) is 33.2 Å². The highest BCUT2D eigenvalue weighted by Crippen LogP contribution is 2.27. The molecule has 2 nitrogen and oxygen atoms in total. The fraction of sp³-hybridized carbons (Fsp3) is 0.636. The highest BCUT2D eigenvalue weighted by Gasteiger charge is 2.18. The van der Waals surface area contributed by atoms with Crippen molar-refractivity contribution in [1.29, 1.82) is 0 Å². The number of hydrogen-bond donors (Lipinski definition) is 1. The maximum atomic E-state index is 6.11. The first kappa shape index (κ1) is 10.3. The standard InChI is InChI=1S/C11H20N2/c1-11(2,3)8-9(12)10-6-5-7-13(10)4/h5-7,9H,8,12H2,1-4H3/t9-/m1/s1. The summed E-state index contributed by atoms with van der Waals surface area (Å²) in [6.07, 6.45) is 3.06. The molecule has 1 aromatic heterocycles. The number of nitrogens with two attached hydrogens (primary N) is 1. The molecule has 0 fully saturated rings. The van der Waals surface area contributed by atoms with Crippen LogP contribution in [-0.2, 0) is 7.05 Å². The molecule has 0 unspecified atom stereocenters. The monoisotopic (exact) mass is 180 g/mol. The Morgan fingerprint density at radius 3 is 2.46 bits per heavy atom. The van der Waals surface area contributed by atoms with E-state index in [2.05, 4.69) is 31.4 Å². The zero-order valence-corrected chi connectivity index (χ0v) is 9.04. The summed E-state index contributed by atoms with van der Waals surface area (Å²) in [5, 5.41) is 0. The zero-order valence-electron chi connectivity index (χ0n) is 9.04. The number of rotatable bonds is 2. The summed E-state index contributed by atoms with van der Waals surface area (Å²) in [5.41, 5.74) is 7.62. The highest BCUT2D eigenvalue weighted by atomic mass is 14.9. The van der Waals surface area contributed by atoms with Gasteiger partial charge in [-0.05, 0) is 24.0 Å². The minimum atomic E-state index is 0.153. The number of aryl methyl sites for hydroxylation is 1. The van der Waals surface area contributed by atoms with Crippen LogP contribution >= 0.6 is 0 Å². The summed E-state index contributed by atoms with van der Waals surface area (Å²) in [5.74, 6) is 0. The minimum absolute atomic E-state index is 0.153. The van der Waals surface area contributed by atoms with E-state index in [1.165, 1.54) is 5.69 Å². The summed E-state index contributed by atoms with van der Waals surface area (Å²) in [6.45, 7) is 6.65. The maximum Gasteiger partial charge on any atom is 0.0454 e. The smallest absolute Gasteiger partial charge is 0.0454 e. The van der Waals surface area contributed by atoms with Gasteiger partial charge in [0.05, 0.1) is 0 Å². The van der Waals surface area contributed by atoms with E-state index < -0.39 is 0 Å². The topological polar surface area (TPSA) is 30.9 Å². The largest absolute Gasteiger partial charge is 0.353 e. The van der Waals surface area contributed by atoms with Gasteiger partial charge >= 0.3 is 0 Å². The van der Waals surface area contributed by atoms with Crippen molar-refractivity contribution in [2.75, 3.05) is 0 Å². The van der Waals surface area contributed by atoms with Gasteiger partial charge in [0.1, 0.15) is 0 Å². The van der Waals surface area contributed by atoms with E-state index in [1.54, 1.807) is 0 Å². The van der Waals surface area contributed by atoms with Crippen LogP contribution in [0.3, 0.4) is 0 Å². The summed E-state index contributed by atoms with van der Waals surface area (Å²) in [6, 6.07) is 4.29. The first-order valence-corrected chi connectivity index (χ1v) is 4.77. The second-order valence-electron chi connectivity index (χ2n) is 4.92. The van der Waals surface area contributed by atoms with Crippen LogP contribution in [0.25, 0.3) is 0 Å². The Labute approximate surface area is 80.7 Å². The van der Waals surface area contributed by atoms with Crippen LogP contribution in [0, 0.1) is 5.41 Å². The van der Waals surface area contributed by atoms with E-state index in [0.717, 1.165) is 6.42 Å². The Morgan fingerprint density at radius 2 is 2.08 bits per heavy atom. The Kier molecular flexibility index (Phi) is 2.81. The lowest BCUT2D eigenvalue weighted by Crippen LogP contribution is -2.20. The summed E-state index contributed by atoms with van der Waals surface area (Å²) in [7, 11) is 2.04. The molecular formula is C11H20N2. The van der Waals surface area contributed by atoms with Crippen LogP contribution in [0.2, 0.25) is 0 Å². The van der Waals surface area contributed by atoms with Crippen LogP contribution in [0.15, 0.2) is 18.3 Å². The third kappa shape index (κ3) is 2.88. The molecule has 1 aromatic rings. The SMILES string of the molecule is Cn1cccc1[C@H](N)CC(C)(C)C. The second kappa shape index (κ2) is 3.54. The quantitative estimate of drug-likeness (QED) is 0.744. The molecule has 2 heteroatoms. The van der Waals surface area contributed by atoms with E-state index in [9.17, 15) is 0 Å². The van der Waals surface area contributed by atoms with Crippen LogP contribution < -0.4 is 5.73 Å². The molecule has 0 saturated heterocycles. The van der Waals surface area contributed by atoms with Gasteiger partial charge in [0, 0.05) is 25.0 Å². The molecule has 0 saturated carbocycles. The van der Waals surface area contributed by atoms with Crippen LogP contribution in [0.4, 0.5) is 0 Å². The van der Waals surface area contributed by atoms with Crippen molar-refractivity contribution in [3.05, 3.63) is 24.0 Å². The Hall–Kier alpha value is -0.760. The van der Waals surface area contributed by atoms with Gasteiger partial charge in [-0.3, -0.25) is 0 Å². The molecule has 0 amide bonds. The van der Waals surface area contributed by atoms with Gasteiger partial charge in [0.2, 0.25) is 0 Å². The zero-order chi connectivity index (χ0) is 10.1. The van der Waals surface area contributed by atoms with E-state index >= 15 is 0 Å². The Balaban J connectivity index is 2.69. The van der Waals surface area contributed by atoms with Crippen molar-refractivity contribution < 1.29 is 0 Å². The van der Waals surface area contributed by atoms with E-state index in [-0.39, 0.29) is 6.04 Å². The van der Waals surface area contributed by atoms with Gasteiger partial charge in [-0.1, -0.05) is 20.8 Å². The van der Waals surface area contributed by atoms with Crippen LogP contribution in [0.5, 0.6) is 0 Å². The third-order valence-electron chi connectivity index (χ3n) is 2.20. The fourth-order valence-corrected chi connectivity index (χ4v) is 1.62. The molecule has 1 heterocycles. The van der Waals surface area contributed by atoms with Crippen molar-refractivity contribution >= 4 is 0 Å². The molecule has 0 aliphatic rings. The van der Waals surface area contributed by atoms with Gasteiger partial charge in [0.25, 0.3) is 0 Å². The first-order valence-electron chi connectivity index (χ1n) is 4.77. The highest BCUT2D eigenvalue weighted by molar-refractivity contribution is 5.11. The van der Waals surface area contributed by atoms with Crippen molar-refractivity contribution in [3.8, 4) is 0 Å². The van der Waals surface area contributed by atoms with Crippen molar-refractivity contribution in [2.24, 2.45) is 18.2 Å². The molecule has 13 heavy (non-hydrogen) atoms. The van der Waals surface area contributed by atoms with E-state index in [4.69, 9.17) is 5.73 Å². The van der Waals surface area contributed by atoms with Gasteiger partial charge in [-0.25, -0.2) is 0 Å². The molecule has 1 rings (SSSR count). The summed E-state index contributed by atoms with van der Waals surface area (Å²) >= 11 is 0. The molecule has 74 valence electrons. The average Bonchev–Trinajstić information content (AvgIpc) is 2.30. The average molecular weight is 180 g/mol. The lowest BCUT2D eigenvalue weighted by molar-refractivity contribution is 0.337. The molecule has 0 aromatic carbocycles.